The second-order valence-electron chi connectivity index (χ2n) is 7.57. The van der Waals surface area contributed by atoms with Gasteiger partial charge in [-0.2, -0.15) is 0 Å². The first-order valence-electron chi connectivity index (χ1n) is 10.00. The second-order valence-corrected chi connectivity index (χ2v) is 8.42. The number of amides is 1. The van der Waals surface area contributed by atoms with Crippen molar-refractivity contribution in [1.29, 1.82) is 0 Å². The molecule has 0 aliphatic carbocycles. The number of nitrogens with zero attached hydrogens (tertiary/aromatic N) is 3. The number of halogens is 1. The molecule has 2 aliphatic rings. The van der Waals surface area contributed by atoms with Crippen LogP contribution in [0.15, 0.2) is 35.8 Å². The molecular formula is C21H26FN3O2S. The molecule has 1 amide bonds. The summed E-state index contributed by atoms with van der Waals surface area (Å²) in [5.74, 6) is -0.126. The summed E-state index contributed by atoms with van der Waals surface area (Å²) in [5, 5.41) is 2.71. The van der Waals surface area contributed by atoms with Crippen molar-refractivity contribution >= 4 is 17.2 Å². The lowest BCUT2D eigenvalue weighted by molar-refractivity contribution is -0.132. The third-order valence-electron chi connectivity index (χ3n) is 5.76. The predicted molar refractivity (Wildman–Crippen MR) is 107 cm³/mol. The van der Waals surface area contributed by atoms with E-state index in [2.05, 4.69) is 9.88 Å². The van der Waals surface area contributed by atoms with Gasteiger partial charge in [-0.3, -0.25) is 9.69 Å². The van der Waals surface area contributed by atoms with Crippen LogP contribution in [0.25, 0.3) is 0 Å². The lowest BCUT2D eigenvalue weighted by Gasteiger charge is -2.41. The molecule has 1 aromatic heterocycles. The maximum absolute atomic E-state index is 13.0. The van der Waals surface area contributed by atoms with E-state index in [4.69, 9.17) is 4.74 Å². The molecule has 0 unspecified atom stereocenters. The SMILES string of the molecule is O=C(Cc1ccc(F)cc1)N1CCC(N2CCC(Oc3nccs3)CC2)CC1. The number of rotatable bonds is 5. The van der Waals surface area contributed by atoms with E-state index >= 15 is 0 Å². The molecule has 28 heavy (non-hydrogen) atoms. The molecule has 2 aromatic rings. The van der Waals surface area contributed by atoms with Crippen LogP contribution < -0.4 is 4.74 Å². The Bertz CT molecular complexity index is 752. The molecule has 2 aliphatic heterocycles. The van der Waals surface area contributed by atoms with E-state index in [9.17, 15) is 9.18 Å². The Morgan fingerprint density at radius 2 is 1.82 bits per heavy atom. The highest BCUT2D eigenvalue weighted by atomic mass is 32.1. The summed E-state index contributed by atoms with van der Waals surface area (Å²) in [4.78, 5) is 21.2. The van der Waals surface area contributed by atoms with Crippen LogP contribution in [0.2, 0.25) is 0 Å². The van der Waals surface area contributed by atoms with Gasteiger partial charge in [0.1, 0.15) is 11.9 Å². The van der Waals surface area contributed by atoms with Crippen LogP contribution >= 0.6 is 11.3 Å². The summed E-state index contributed by atoms with van der Waals surface area (Å²) in [7, 11) is 0. The van der Waals surface area contributed by atoms with Gasteiger partial charge >= 0.3 is 0 Å². The highest BCUT2D eigenvalue weighted by Gasteiger charge is 2.30. The minimum atomic E-state index is -0.266. The fraction of sp³-hybridized carbons (Fsp3) is 0.524. The number of hydrogen-bond donors (Lipinski definition) is 0. The van der Waals surface area contributed by atoms with E-state index in [1.54, 1.807) is 29.7 Å². The Labute approximate surface area is 169 Å². The van der Waals surface area contributed by atoms with Crippen LogP contribution in [0.4, 0.5) is 4.39 Å². The molecule has 0 bridgehead atoms. The van der Waals surface area contributed by atoms with Gasteiger partial charge in [0.2, 0.25) is 5.91 Å². The van der Waals surface area contributed by atoms with Gasteiger partial charge in [-0.1, -0.05) is 23.5 Å². The maximum atomic E-state index is 13.0. The van der Waals surface area contributed by atoms with E-state index in [0.29, 0.717) is 12.5 Å². The summed E-state index contributed by atoms with van der Waals surface area (Å²) < 4.78 is 19.0. The number of carbonyl (C=O) groups excluding carboxylic acids is 1. The average Bonchev–Trinajstić information content (AvgIpc) is 3.23. The Morgan fingerprint density at radius 1 is 1.11 bits per heavy atom. The van der Waals surface area contributed by atoms with Crippen molar-refractivity contribution in [2.45, 2.75) is 44.2 Å². The first-order chi connectivity index (χ1) is 13.7. The van der Waals surface area contributed by atoms with Gasteiger partial charge in [0, 0.05) is 43.8 Å². The molecule has 0 atom stereocenters. The quantitative estimate of drug-likeness (QED) is 0.768. The number of piperidine rings is 2. The van der Waals surface area contributed by atoms with Crippen molar-refractivity contribution in [3.8, 4) is 5.19 Å². The van der Waals surface area contributed by atoms with Crippen LogP contribution in [0.1, 0.15) is 31.2 Å². The van der Waals surface area contributed by atoms with Crippen molar-refractivity contribution in [2.75, 3.05) is 26.2 Å². The smallest absolute Gasteiger partial charge is 0.273 e. The fourth-order valence-corrected chi connectivity index (χ4v) is 4.69. The lowest BCUT2D eigenvalue weighted by Crippen LogP contribution is -2.50. The highest BCUT2D eigenvalue weighted by molar-refractivity contribution is 7.11. The van der Waals surface area contributed by atoms with Gasteiger partial charge < -0.3 is 9.64 Å². The molecule has 2 saturated heterocycles. The van der Waals surface area contributed by atoms with Gasteiger partial charge in [-0.05, 0) is 43.4 Å². The van der Waals surface area contributed by atoms with Crippen LogP contribution in [0, 0.1) is 5.82 Å². The monoisotopic (exact) mass is 403 g/mol. The van der Waals surface area contributed by atoms with E-state index < -0.39 is 0 Å². The van der Waals surface area contributed by atoms with Crippen molar-refractivity contribution in [3.05, 3.63) is 47.2 Å². The van der Waals surface area contributed by atoms with Crippen molar-refractivity contribution in [1.82, 2.24) is 14.8 Å². The van der Waals surface area contributed by atoms with E-state index in [-0.39, 0.29) is 17.8 Å². The van der Waals surface area contributed by atoms with E-state index in [1.807, 2.05) is 10.3 Å². The van der Waals surface area contributed by atoms with Crippen LogP contribution in [0.3, 0.4) is 0 Å². The summed E-state index contributed by atoms with van der Waals surface area (Å²) in [6.45, 7) is 3.70. The van der Waals surface area contributed by atoms with Crippen LogP contribution in [-0.2, 0) is 11.2 Å². The number of likely N-dealkylation sites (tertiary alicyclic amines) is 2. The Balaban J connectivity index is 1.20. The van der Waals surface area contributed by atoms with Crippen molar-refractivity contribution < 1.29 is 13.9 Å². The molecule has 0 N–H and O–H groups in total. The molecule has 2 fully saturated rings. The number of hydrogen-bond acceptors (Lipinski definition) is 5. The van der Waals surface area contributed by atoms with Gasteiger partial charge in [-0.25, -0.2) is 9.37 Å². The first kappa shape index (κ1) is 19.3. The zero-order valence-electron chi connectivity index (χ0n) is 15.9. The average molecular weight is 404 g/mol. The normalized spacial score (nSPS) is 19.7. The van der Waals surface area contributed by atoms with Gasteiger partial charge in [0.05, 0.1) is 6.42 Å². The molecular weight excluding hydrogens is 377 g/mol. The van der Waals surface area contributed by atoms with Gasteiger partial charge in [0.25, 0.3) is 5.19 Å². The molecule has 4 rings (SSSR count). The van der Waals surface area contributed by atoms with E-state index in [0.717, 1.165) is 62.6 Å². The van der Waals surface area contributed by atoms with E-state index in [1.165, 1.54) is 12.1 Å². The summed E-state index contributed by atoms with van der Waals surface area (Å²) in [5.41, 5.74) is 0.871. The standard InChI is InChI=1S/C21H26FN3O2S/c22-17-3-1-16(2-4-17)15-20(26)25-10-5-18(6-11-25)24-12-7-19(8-13-24)27-21-23-9-14-28-21/h1-4,9,14,18-19H,5-8,10-13,15H2. The number of carbonyl (C=O) groups is 1. The molecule has 150 valence electrons. The minimum absolute atomic E-state index is 0.139. The molecule has 0 saturated carbocycles. The zero-order valence-corrected chi connectivity index (χ0v) is 16.7. The Hall–Kier alpha value is -1.99. The number of thiazole rings is 1. The zero-order chi connectivity index (χ0) is 19.3. The van der Waals surface area contributed by atoms with Gasteiger partial charge in [-0.15, -0.1) is 0 Å². The number of benzene rings is 1. The topological polar surface area (TPSA) is 45.7 Å². The molecule has 3 heterocycles. The highest BCUT2D eigenvalue weighted by Crippen LogP contribution is 2.25. The van der Waals surface area contributed by atoms with Gasteiger partial charge in [0.15, 0.2) is 0 Å². The lowest BCUT2D eigenvalue weighted by atomic mass is 9.98. The predicted octanol–water partition coefficient (Wildman–Crippen LogP) is 3.36. The molecule has 0 radical (unpaired) electrons. The third kappa shape index (κ3) is 4.89. The van der Waals surface area contributed by atoms with Crippen LogP contribution in [0.5, 0.6) is 5.19 Å². The summed E-state index contributed by atoms with van der Waals surface area (Å²) in [6.07, 6.45) is 6.50. The minimum Gasteiger partial charge on any atom is -0.467 e. The number of aromatic nitrogens is 1. The summed E-state index contributed by atoms with van der Waals surface area (Å²) >= 11 is 1.55. The van der Waals surface area contributed by atoms with Crippen molar-refractivity contribution in [3.63, 3.8) is 0 Å². The second kappa shape index (κ2) is 9.01. The molecule has 7 heteroatoms. The maximum Gasteiger partial charge on any atom is 0.273 e. The Morgan fingerprint density at radius 3 is 2.46 bits per heavy atom. The summed E-state index contributed by atoms with van der Waals surface area (Å²) in [6, 6.07) is 6.76. The molecule has 5 nitrogen and oxygen atoms in total. The largest absolute Gasteiger partial charge is 0.467 e. The Kier molecular flexibility index (Phi) is 6.22. The van der Waals surface area contributed by atoms with Crippen LogP contribution in [-0.4, -0.2) is 59.0 Å². The third-order valence-corrected chi connectivity index (χ3v) is 6.42. The fourth-order valence-electron chi connectivity index (χ4n) is 4.14. The molecule has 1 aromatic carbocycles. The number of ether oxygens (including phenoxy) is 1. The first-order valence-corrected chi connectivity index (χ1v) is 10.9. The van der Waals surface area contributed by atoms with Crippen molar-refractivity contribution in [2.24, 2.45) is 0 Å². The molecule has 0 spiro atoms.